The van der Waals surface area contributed by atoms with Gasteiger partial charge in [-0.25, -0.2) is 31.8 Å². The lowest BCUT2D eigenvalue weighted by molar-refractivity contribution is 0.0162. The van der Waals surface area contributed by atoms with Gasteiger partial charge in [0, 0.05) is 18.0 Å². The molecule has 10 nitrogen and oxygen atoms in total. The molecule has 0 saturated carbocycles. The number of carbonyl (C=O) groups excluding carboxylic acids is 2. The lowest BCUT2D eigenvalue weighted by atomic mass is 9.92. The minimum atomic E-state index is -4.91. The van der Waals surface area contributed by atoms with Crippen LogP contribution in [0.25, 0.3) is 5.57 Å². The average Bonchev–Trinajstić information content (AvgIpc) is 3.46. The van der Waals surface area contributed by atoms with Crippen molar-refractivity contribution in [2.75, 3.05) is 17.5 Å². The molecule has 0 spiro atoms. The number of hydrogen-bond acceptors (Lipinski definition) is 9. The van der Waals surface area contributed by atoms with Gasteiger partial charge in [-0.3, -0.25) is 4.90 Å². The summed E-state index contributed by atoms with van der Waals surface area (Å²) in [6.45, 7) is 11.5. The Kier molecular flexibility index (Phi) is 10.6. The van der Waals surface area contributed by atoms with Gasteiger partial charge in [0.05, 0.1) is 16.6 Å². The summed E-state index contributed by atoms with van der Waals surface area (Å²) in [6, 6.07) is 5.42. The quantitative estimate of drug-likeness (QED) is 0.242. The van der Waals surface area contributed by atoms with E-state index in [1.165, 1.54) is 21.9 Å². The third kappa shape index (κ3) is 8.59. The van der Waals surface area contributed by atoms with E-state index in [0.717, 1.165) is 23.5 Å². The molecule has 0 fully saturated rings. The molecule has 2 heterocycles. The minimum absolute atomic E-state index is 0.218. The van der Waals surface area contributed by atoms with Crippen LogP contribution in [0.4, 0.5) is 24.2 Å². The number of anilines is 1. The fraction of sp³-hybridized carbons (Fsp3) is 0.406. The Balaban J connectivity index is 1.68. The number of nitrogens with zero attached hydrogens (tertiary/aromatic N) is 3. The molecule has 47 heavy (non-hydrogen) atoms. The summed E-state index contributed by atoms with van der Waals surface area (Å²) in [5.41, 5.74) is 1.14. The number of amides is 2. The van der Waals surface area contributed by atoms with Crippen LogP contribution in [-0.2, 0) is 19.5 Å². The van der Waals surface area contributed by atoms with Crippen molar-refractivity contribution in [3.63, 3.8) is 0 Å². The first kappa shape index (κ1) is 36.1. The first-order chi connectivity index (χ1) is 21.8. The van der Waals surface area contributed by atoms with E-state index in [9.17, 15) is 22.4 Å². The molecule has 2 aromatic carbocycles. The monoisotopic (exact) mass is 711 g/mol. The summed E-state index contributed by atoms with van der Waals surface area (Å²) in [6.07, 6.45) is 0.493. The third-order valence-corrected chi connectivity index (χ3v) is 9.23. The minimum Gasteiger partial charge on any atom is -0.489 e. The Hall–Kier alpha value is -3.75. The zero-order valence-corrected chi connectivity index (χ0v) is 29.4. The van der Waals surface area contributed by atoms with Gasteiger partial charge in [-0.1, -0.05) is 23.7 Å². The van der Waals surface area contributed by atoms with Crippen LogP contribution < -0.4 is 9.04 Å². The van der Waals surface area contributed by atoms with E-state index in [1.807, 2.05) is 6.08 Å². The van der Waals surface area contributed by atoms with Crippen molar-refractivity contribution in [3.05, 3.63) is 75.1 Å². The third-order valence-electron chi connectivity index (χ3n) is 6.68. The highest BCUT2D eigenvalue weighted by molar-refractivity contribution is 7.93. The van der Waals surface area contributed by atoms with Gasteiger partial charge in [0.15, 0.2) is 5.82 Å². The maximum atomic E-state index is 15.7. The molecule has 0 aliphatic carbocycles. The van der Waals surface area contributed by atoms with Crippen molar-refractivity contribution in [3.8, 4) is 5.75 Å². The van der Waals surface area contributed by atoms with Crippen LogP contribution >= 0.6 is 22.9 Å². The van der Waals surface area contributed by atoms with Crippen molar-refractivity contribution in [2.45, 2.75) is 77.0 Å². The number of benzene rings is 2. The molecule has 254 valence electrons. The largest absolute Gasteiger partial charge is 0.489 e. The highest BCUT2D eigenvalue weighted by atomic mass is 35.5. The van der Waals surface area contributed by atoms with Crippen LogP contribution in [0.3, 0.4) is 0 Å². The standard InChI is InChI=1S/C32H36ClF2N3O7S2/c1-19-13-20(10-11-23(19)34)21-9-8-12-37(29(39)44-31(2,3)4)25(21)16-43-26-15-24(35)27(14-22(26)33)47(41,42)38(28-17-46-18-36-28)30(40)45-32(5,6)7/h9-11,13-15,17-18,25H,8,12,16H2,1-7H3. The summed E-state index contributed by atoms with van der Waals surface area (Å²) in [5, 5.41) is 1.02. The molecule has 0 radical (unpaired) electrons. The van der Waals surface area contributed by atoms with Crippen molar-refractivity contribution in [1.82, 2.24) is 9.88 Å². The lowest BCUT2D eigenvalue weighted by Gasteiger charge is -2.37. The van der Waals surface area contributed by atoms with Gasteiger partial charge < -0.3 is 14.2 Å². The second kappa shape index (κ2) is 13.8. The Labute approximate surface area is 281 Å². The SMILES string of the molecule is Cc1cc(C2=CCCN(C(=O)OC(C)(C)C)C2COc2cc(F)c(S(=O)(=O)N(C(=O)OC(C)(C)C)c3cscn3)cc2Cl)ccc1F. The van der Waals surface area contributed by atoms with Gasteiger partial charge in [-0.05, 0) is 89.8 Å². The fourth-order valence-electron chi connectivity index (χ4n) is 4.68. The highest BCUT2D eigenvalue weighted by Gasteiger charge is 2.39. The van der Waals surface area contributed by atoms with Gasteiger partial charge in [0.2, 0.25) is 0 Å². The zero-order valence-electron chi connectivity index (χ0n) is 27.0. The molecule has 0 N–H and O–H groups in total. The van der Waals surface area contributed by atoms with E-state index >= 15 is 4.39 Å². The van der Waals surface area contributed by atoms with Crippen molar-refractivity contribution in [2.24, 2.45) is 0 Å². The van der Waals surface area contributed by atoms with Crippen LogP contribution in [-0.4, -0.2) is 60.9 Å². The maximum Gasteiger partial charge on any atom is 0.430 e. The predicted molar refractivity (Wildman–Crippen MR) is 175 cm³/mol. The smallest absolute Gasteiger partial charge is 0.430 e. The molecule has 1 aliphatic heterocycles. The summed E-state index contributed by atoms with van der Waals surface area (Å²) in [5.74, 6) is -2.15. The highest BCUT2D eigenvalue weighted by Crippen LogP contribution is 2.36. The number of aromatic nitrogens is 1. The molecule has 2 amide bonds. The number of sulfonamides is 1. The van der Waals surface area contributed by atoms with E-state index in [4.69, 9.17) is 25.8 Å². The van der Waals surface area contributed by atoms with E-state index in [1.54, 1.807) is 60.6 Å². The van der Waals surface area contributed by atoms with Crippen molar-refractivity contribution >= 4 is 56.5 Å². The number of thiazole rings is 1. The Morgan fingerprint density at radius 3 is 2.34 bits per heavy atom. The maximum absolute atomic E-state index is 15.7. The lowest BCUT2D eigenvalue weighted by Crippen LogP contribution is -2.48. The number of aryl methyl sites for hydroxylation is 1. The second-order valence-corrected chi connectivity index (χ2v) is 15.6. The molecule has 3 aromatic rings. The molecule has 15 heteroatoms. The van der Waals surface area contributed by atoms with Crippen LogP contribution in [0.15, 0.2) is 52.2 Å². The first-order valence-electron chi connectivity index (χ1n) is 14.5. The van der Waals surface area contributed by atoms with Crippen molar-refractivity contribution in [1.29, 1.82) is 0 Å². The molecule has 4 rings (SSSR count). The first-order valence-corrected chi connectivity index (χ1v) is 17.3. The van der Waals surface area contributed by atoms with Gasteiger partial charge in [0.25, 0.3) is 10.0 Å². The molecule has 1 aliphatic rings. The number of ether oxygens (including phenoxy) is 3. The second-order valence-electron chi connectivity index (χ2n) is 12.7. The average molecular weight is 712 g/mol. The molecule has 1 atom stereocenters. The summed E-state index contributed by atoms with van der Waals surface area (Å²) >= 11 is 7.48. The van der Waals surface area contributed by atoms with E-state index in [2.05, 4.69) is 4.98 Å². The number of hydrogen-bond donors (Lipinski definition) is 0. The number of carbonyl (C=O) groups is 2. The van der Waals surface area contributed by atoms with Crippen LogP contribution in [0.2, 0.25) is 5.02 Å². The summed E-state index contributed by atoms with van der Waals surface area (Å²) in [7, 11) is -4.91. The number of rotatable bonds is 7. The van der Waals surface area contributed by atoms with Gasteiger partial charge in [0.1, 0.15) is 40.1 Å². The fourth-order valence-corrected chi connectivity index (χ4v) is 6.90. The topological polar surface area (TPSA) is 115 Å². The molecular formula is C32H36ClF2N3O7S2. The Morgan fingerprint density at radius 1 is 1.06 bits per heavy atom. The molecule has 1 aromatic heterocycles. The zero-order chi connectivity index (χ0) is 34.9. The predicted octanol–water partition coefficient (Wildman–Crippen LogP) is 7.99. The van der Waals surface area contributed by atoms with Gasteiger partial charge >= 0.3 is 12.2 Å². The summed E-state index contributed by atoms with van der Waals surface area (Å²) < 4.78 is 74.3. The molecule has 0 bridgehead atoms. The van der Waals surface area contributed by atoms with E-state index in [0.29, 0.717) is 23.1 Å². The molecule has 0 saturated heterocycles. The van der Waals surface area contributed by atoms with E-state index < -0.39 is 50.2 Å². The number of halogens is 3. The van der Waals surface area contributed by atoms with Crippen LogP contribution in [0, 0.1) is 18.6 Å². The normalized spacial score (nSPS) is 15.6. The van der Waals surface area contributed by atoms with Crippen LogP contribution in [0.1, 0.15) is 59.1 Å². The Morgan fingerprint density at radius 2 is 1.74 bits per heavy atom. The van der Waals surface area contributed by atoms with Crippen molar-refractivity contribution < 1.29 is 41.0 Å². The summed E-state index contributed by atoms with van der Waals surface area (Å²) in [4.78, 5) is 30.8. The van der Waals surface area contributed by atoms with Gasteiger partial charge in [-0.15, -0.1) is 15.6 Å². The van der Waals surface area contributed by atoms with Crippen LogP contribution in [0.5, 0.6) is 5.75 Å². The molecule has 1 unspecified atom stereocenters. The molecular weight excluding hydrogens is 676 g/mol. The van der Waals surface area contributed by atoms with E-state index in [-0.39, 0.29) is 39.9 Å². The van der Waals surface area contributed by atoms with Gasteiger partial charge in [-0.2, -0.15) is 0 Å². The Bertz CT molecular complexity index is 1790.